The van der Waals surface area contributed by atoms with Crippen molar-refractivity contribution in [2.45, 2.75) is 27.3 Å². The first kappa shape index (κ1) is 16.9. The van der Waals surface area contributed by atoms with Gasteiger partial charge in [-0.1, -0.05) is 46.6 Å². The van der Waals surface area contributed by atoms with Crippen LogP contribution in [0.5, 0.6) is 0 Å². The zero-order valence-electron chi connectivity index (χ0n) is 14.9. The predicted molar refractivity (Wildman–Crippen MR) is 96.2 cm³/mol. The number of benzene rings is 2. The molecule has 0 spiro atoms. The van der Waals surface area contributed by atoms with Crippen LogP contribution < -0.4 is 0 Å². The van der Waals surface area contributed by atoms with Crippen molar-refractivity contribution >= 4 is 5.91 Å². The lowest BCUT2D eigenvalue weighted by Crippen LogP contribution is -2.27. The molecule has 1 aromatic heterocycles. The Balaban J connectivity index is 1.75. The second-order valence-electron chi connectivity index (χ2n) is 6.36. The lowest BCUT2D eigenvalue weighted by molar-refractivity contribution is 0.0769. The van der Waals surface area contributed by atoms with Gasteiger partial charge < -0.3 is 9.42 Å². The van der Waals surface area contributed by atoms with Gasteiger partial charge >= 0.3 is 0 Å². The molecular weight excluding hydrogens is 314 g/mol. The number of aromatic nitrogens is 2. The number of carbonyl (C=O) groups is 1. The fraction of sp³-hybridized carbons (Fsp3) is 0.250. The van der Waals surface area contributed by atoms with Crippen LogP contribution in [0.15, 0.2) is 47.0 Å². The predicted octanol–water partition coefficient (Wildman–Crippen LogP) is 3.93. The molecule has 1 heterocycles. The molecule has 0 aliphatic carbocycles. The van der Waals surface area contributed by atoms with Gasteiger partial charge in [-0.05, 0) is 38.5 Å². The molecule has 0 aliphatic rings. The van der Waals surface area contributed by atoms with Gasteiger partial charge in [0, 0.05) is 18.2 Å². The Morgan fingerprint density at radius 1 is 1.08 bits per heavy atom. The number of carbonyl (C=O) groups excluding carboxylic acids is 1. The van der Waals surface area contributed by atoms with E-state index in [2.05, 4.69) is 10.1 Å². The first-order valence-corrected chi connectivity index (χ1v) is 8.16. The summed E-state index contributed by atoms with van der Waals surface area (Å²) in [5.74, 6) is 0.885. The molecule has 0 unspecified atom stereocenters. The van der Waals surface area contributed by atoms with E-state index in [0.717, 1.165) is 22.3 Å². The van der Waals surface area contributed by atoms with Gasteiger partial charge in [-0.3, -0.25) is 4.79 Å². The Kier molecular flexibility index (Phi) is 4.65. The average Bonchev–Trinajstić information content (AvgIpc) is 3.03. The van der Waals surface area contributed by atoms with Gasteiger partial charge in [0.2, 0.25) is 11.7 Å². The SMILES string of the molecule is Cc1cccc(-c2noc(CN(C)C(=O)c3ccc(C)cc3C)n2)c1. The summed E-state index contributed by atoms with van der Waals surface area (Å²) < 4.78 is 5.31. The molecule has 128 valence electrons. The number of rotatable bonds is 4. The van der Waals surface area contributed by atoms with Crippen LogP contribution in [-0.4, -0.2) is 28.0 Å². The summed E-state index contributed by atoms with van der Waals surface area (Å²) in [6, 6.07) is 13.7. The Bertz CT molecular complexity index is 915. The highest BCUT2D eigenvalue weighted by Gasteiger charge is 2.17. The molecule has 0 aliphatic heterocycles. The van der Waals surface area contributed by atoms with Gasteiger partial charge in [0.25, 0.3) is 5.91 Å². The number of hydrogen-bond donors (Lipinski definition) is 0. The van der Waals surface area contributed by atoms with Gasteiger partial charge in [-0.15, -0.1) is 0 Å². The number of hydrogen-bond acceptors (Lipinski definition) is 4. The summed E-state index contributed by atoms with van der Waals surface area (Å²) in [5.41, 5.74) is 4.81. The minimum Gasteiger partial charge on any atom is -0.337 e. The molecule has 25 heavy (non-hydrogen) atoms. The van der Waals surface area contributed by atoms with Crippen LogP contribution in [0.3, 0.4) is 0 Å². The van der Waals surface area contributed by atoms with Crippen LogP contribution in [0, 0.1) is 20.8 Å². The van der Waals surface area contributed by atoms with Gasteiger partial charge in [0.1, 0.15) is 0 Å². The molecule has 0 saturated heterocycles. The van der Waals surface area contributed by atoms with E-state index in [0.29, 0.717) is 17.3 Å². The molecule has 0 radical (unpaired) electrons. The van der Waals surface area contributed by atoms with Crippen molar-refractivity contribution in [2.24, 2.45) is 0 Å². The van der Waals surface area contributed by atoms with Gasteiger partial charge in [-0.25, -0.2) is 0 Å². The summed E-state index contributed by atoms with van der Waals surface area (Å²) in [6.07, 6.45) is 0. The summed E-state index contributed by atoms with van der Waals surface area (Å²) in [7, 11) is 1.73. The smallest absolute Gasteiger partial charge is 0.254 e. The molecule has 0 N–H and O–H groups in total. The average molecular weight is 335 g/mol. The molecule has 5 heteroatoms. The highest BCUT2D eigenvalue weighted by Crippen LogP contribution is 2.18. The highest BCUT2D eigenvalue weighted by atomic mass is 16.5. The van der Waals surface area contributed by atoms with E-state index in [4.69, 9.17) is 4.52 Å². The third-order valence-electron chi connectivity index (χ3n) is 4.08. The van der Waals surface area contributed by atoms with Crippen molar-refractivity contribution < 1.29 is 9.32 Å². The molecule has 1 amide bonds. The largest absolute Gasteiger partial charge is 0.337 e. The highest BCUT2D eigenvalue weighted by molar-refractivity contribution is 5.95. The van der Waals surface area contributed by atoms with Gasteiger partial charge in [0.05, 0.1) is 6.54 Å². The second kappa shape index (κ2) is 6.89. The standard InChI is InChI=1S/C20H21N3O2/c1-13-6-5-7-16(11-13)19-21-18(25-22-19)12-23(4)20(24)17-9-8-14(2)10-15(17)3/h5-11H,12H2,1-4H3. The van der Waals surface area contributed by atoms with Crippen LogP contribution in [-0.2, 0) is 6.54 Å². The van der Waals surface area contributed by atoms with E-state index in [1.54, 1.807) is 11.9 Å². The van der Waals surface area contributed by atoms with Gasteiger partial charge in [-0.2, -0.15) is 4.98 Å². The zero-order chi connectivity index (χ0) is 18.0. The minimum atomic E-state index is -0.0622. The minimum absolute atomic E-state index is 0.0622. The Labute approximate surface area is 147 Å². The molecule has 3 rings (SSSR count). The molecule has 0 atom stereocenters. The fourth-order valence-electron chi connectivity index (χ4n) is 2.75. The van der Waals surface area contributed by atoms with Crippen molar-refractivity contribution in [2.75, 3.05) is 7.05 Å². The van der Waals surface area contributed by atoms with Crippen molar-refractivity contribution in [1.82, 2.24) is 15.0 Å². The van der Waals surface area contributed by atoms with Crippen molar-refractivity contribution in [3.05, 3.63) is 70.6 Å². The quantitative estimate of drug-likeness (QED) is 0.725. The number of amides is 1. The Hall–Kier alpha value is -2.95. The van der Waals surface area contributed by atoms with Crippen molar-refractivity contribution in [3.8, 4) is 11.4 Å². The van der Waals surface area contributed by atoms with E-state index >= 15 is 0 Å². The third-order valence-corrected chi connectivity index (χ3v) is 4.08. The topological polar surface area (TPSA) is 59.2 Å². The molecule has 2 aromatic carbocycles. The molecule has 0 saturated carbocycles. The van der Waals surface area contributed by atoms with Crippen molar-refractivity contribution in [3.63, 3.8) is 0 Å². The molecule has 0 bridgehead atoms. The van der Waals surface area contributed by atoms with Crippen LogP contribution in [0.25, 0.3) is 11.4 Å². The second-order valence-corrected chi connectivity index (χ2v) is 6.36. The van der Waals surface area contributed by atoms with Crippen LogP contribution in [0.2, 0.25) is 0 Å². The lowest BCUT2D eigenvalue weighted by atomic mass is 10.0. The number of aryl methyl sites for hydroxylation is 3. The Morgan fingerprint density at radius 2 is 1.84 bits per heavy atom. The summed E-state index contributed by atoms with van der Waals surface area (Å²) in [6.45, 7) is 6.23. The van der Waals surface area contributed by atoms with E-state index in [-0.39, 0.29) is 12.5 Å². The molecular formula is C20H21N3O2. The normalized spacial score (nSPS) is 10.7. The summed E-state index contributed by atoms with van der Waals surface area (Å²) in [4.78, 5) is 18.6. The van der Waals surface area contributed by atoms with E-state index in [1.165, 1.54) is 0 Å². The van der Waals surface area contributed by atoms with E-state index < -0.39 is 0 Å². The van der Waals surface area contributed by atoms with Crippen molar-refractivity contribution in [1.29, 1.82) is 0 Å². The number of nitrogens with zero attached hydrogens (tertiary/aromatic N) is 3. The first-order valence-electron chi connectivity index (χ1n) is 8.16. The molecule has 0 fully saturated rings. The maximum absolute atomic E-state index is 12.6. The maximum atomic E-state index is 12.6. The van der Waals surface area contributed by atoms with Gasteiger partial charge in [0.15, 0.2) is 0 Å². The summed E-state index contributed by atoms with van der Waals surface area (Å²) in [5, 5.41) is 4.02. The van der Waals surface area contributed by atoms with Crippen LogP contribution >= 0.6 is 0 Å². The monoisotopic (exact) mass is 335 g/mol. The van der Waals surface area contributed by atoms with E-state index in [9.17, 15) is 4.79 Å². The lowest BCUT2D eigenvalue weighted by Gasteiger charge is -2.16. The molecule has 5 nitrogen and oxygen atoms in total. The molecule has 3 aromatic rings. The zero-order valence-corrected chi connectivity index (χ0v) is 14.9. The van der Waals surface area contributed by atoms with E-state index in [1.807, 2.05) is 63.2 Å². The van der Waals surface area contributed by atoms with Crippen LogP contribution in [0.1, 0.15) is 32.9 Å². The summed E-state index contributed by atoms with van der Waals surface area (Å²) >= 11 is 0. The third kappa shape index (κ3) is 3.76. The maximum Gasteiger partial charge on any atom is 0.254 e. The van der Waals surface area contributed by atoms with Crippen LogP contribution in [0.4, 0.5) is 0 Å². The fourth-order valence-corrected chi connectivity index (χ4v) is 2.75. The Morgan fingerprint density at radius 3 is 2.56 bits per heavy atom. The first-order chi connectivity index (χ1) is 11.9.